The monoisotopic (exact) mass is 433 g/mol. The molecule has 0 radical (unpaired) electrons. The number of hydrogen-bond donors (Lipinski definition) is 3. The summed E-state index contributed by atoms with van der Waals surface area (Å²) in [6.45, 7) is -0.685. The first-order valence-electron chi connectivity index (χ1n) is 9.87. The summed E-state index contributed by atoms with van der Waals surface area (Å²) < 4.78 is 39.0. The fourth-order valence-corrected chi connectivity index (χ4v) is 3.81. The molecule has 10 heteroatoms. The summed E-state index contributed by atoms with van der Waals surface area (Å²) in [5.74, 6) is -0.515. The van der Waals surface area contributed by atoms with Crippen LogP contribution in [0.5, 0.6) is 0 Å². The number of carbonyl (C=O) groups excluding carboxylic acids is 1. The van der Waals surface area contributed by atoms with E-state index in [2.05, 4.69) is 20.6 Å². The Balaban J connectivity index is 1.77. The summed E-state index contributed by atoms with van der Waals surface area (Å²) in [6, 6.07) is 6.41. The predicted octanol–water partition coefficient (Wildman–Crippen LogP) is 3.25. The minimum atomic E-state index is -4.57. The molecular formula is C21H22F3N5O2. The van der Waals surface area contributed by atoms with Gasteiger partial charge < -0.3 is 10.4 Å². The zero-order valence-electron chi connectivity index (χ0n) is 16.7. The van der Waals surface area contributed by atoms with Crippen molar-refractivity contribution in [1.82, 2.24) is 15.3 Å². The molecule has 2 aromatic rings. The van der Waals surface area contributed by atoms with Crippen LogP contribution in [-0.4, -0.2) is 27.5 Å². The summed E-state index contributed by atoms with van der Waals surface area (Å²) >= 11 is 0. The number of aliphatic hydroxyl groups is 1. The average molecular weight is 433 g/mol. The number of nitrogens with zero attached hydrogens (tertiary/aromatic N) is 3. The summed E-state index contributed by atoms with van der Waals surface area (Å²) in [5, 5.41) is 24.2. The number of nitriles is 1. The van der Waals surface area contributed by atoms with E-state index in [0.717, 1.165) is 37.5 Å². The van der Waals surface area contributed by atoms with Crippen molar-refractivity contribution in [3.63, 3.8) is 0 Å². The zero-order chi connectivity index (χ0) is 22.5. The molecule has 1 aromatic heterocycles. The summed E-state index contributed by atoms with van der Waals surface area (Å²) in [5.41, 5.74) is -0.834. The van der Waals surface area contributed by atoms with Gasteiger partial charge in [-0.3, -0.25) is 10.1 Å². The highest BCUT2D eigenvalue weighted by Gasteiger charge is 2.36. The molecule has 0 atom stereocenters. The van der Waals surface area contributed by atoms with Gasteiger partial charge in [0.25, 0.3) is 0 Å². The van der Waals surface area contributed by atoms with E-state index < -0.39 is 29.8 Å². The highest BCUT2D eigenvalue weighted by molar-refractivity contribution is 5.93. The molecule has 1 aliphatic rings. The van der Waals surface area contributed by atoms with Crippen LogP contribution in [0.25, 0.3) is 0 Å². The first-order valence-corrected chi connectivity index (χ1v) is 9.87. The van der Waals surface area contributed by atoms with Crippen LogP contribution >= 0.6 is 0 Å². The second-order valence-electron chi connectivity index (χ2n) is 7.45. The maximum absolute atomic E-state index is 13.0. The second-order valence-corrected chi connectivity index (χ2v) is 7.45. The van der Waals surface area contributed by atoms with Gasteiger partial charge in [-0.25, -0.2) is 9.97 Å². The van der Waals surface area contributed by atoms with Gasteiger partial charge in [0, 0.05) is 17.4 Å². The van der Waals surface area contributed by atoms with Gasteiger partial charge in [-0.1, -0.05) is 25.3 Å². The summed E-state index contributed by atoms with van der Waals surface area (Å²) in [7, 11) is 0. The van der Waals surface area contributed by atoms with E-state index in [1.165, 1.54) is 6.20 Å². The average Bonchev–Trinajstić information content (AvgIpc) is 2.77. The lowest BCUT2D eigenvalue weighted by Crippen LogP contribution is -2.47. The minimum Gasteiger partial charge on any atom is -0.392 e. The van der Waals surface area contributed by atoms with Crippen molar-refractivity contribution in [2.24, 2.45) is 0 Å². The van der Waals surface area contributed by atoms with Crippen molar-refractivity contribution in [3.05, 3.63) is 53.1 Å². The van der Waals surface area contributed by atoms with Crippen molar-refractivity contribution >= 4 is 11.6 Å². The van der Waals surface area contributed by atoms with Crippen LogP contribution < -0.4 is 10.6 Å². The molecule has 1 aliphatic carbocycles. The largest absolute Gasteiger partial charge is 0.416 e. The van der Waals surface area contributed by atoms with Crippen LogP contribution in [-0.2, 0) is 23.1 Å². The maximum atomic E-state index is 13.0. The molecule has 1 aromatic carbocycles. The Bertz CT molecular complexity index is 982. The third-order valence-corrected chi connectivity index (χ3v) is 5.42. The predicted molar refractivity (Wildman–Crippen MR) is 106 cm³/mol. The number of anilines is 1. The quantitative estimate of drug-likeness (QED) is 0.645. The van der Waals surface area contributed by atoms with E-state index in [1.54, 1.807) is 6.07 Å². The molecule has 1 amide bonds. The normalized spacial score (nSPS) is 15.8. The maximum Gasteiger partial charge on any atom is 0.416 e. The molecule has 1 saturated carbocycles. The molecule has 0 aliphatic heterocycles. The Morgan fingerprint density at radius 1 is 1.23 bits per heavy atom. The molecule has 1 heterocycles. The Labute approximate surface area is 177 Å². The molecule has 0 saturated heterocycles. The first kappa shape index (κ1) is 22.7. The molecule has 31 heavy (non-hydrogen) atoms. The highest BCUT2D eigenvalue weighted by Crippen LogP contribution is 2.36. The molecule has 3 rings (SSSR count). The molecule has 1 fully saturated rings. The van der Waals surface area contributed by atoms with E-state index in [0.29, 0.717) is 18.5 Å². The summed E-state index contributed by atoms with van der Waals surface area (Å²) in [6.07, 6.45) is 1.18. The van der Waals surface area contributed by atoms with Crippen LogP contribution in [0.3, 0.4) is 0 Å². The number of benzene rings is 1. The number of aliphatic hydroxyl groups excluding tert-OH is 1. The number of carbonyl (C=O) groups is 1. The lowest BCUT2D eigenvalue weighted by Gasteiger charge is -2.37. The molecule has 0 bridgehead atoms. The van der Waals surface area contributed by atoms with Gasteiger partial charge in [0.15, 0.2) is 0 Å². The minimum absolute atomic E-state index is 0.0326. The number of rotatable bonds is 6. The Morgan fingerprint density at radius 3 is 2.61 bits per heavy atom. The highest BCUT2D eigenvalue weighted by atomic mass is 19.4. The van der Waals surface area contributed by atoms with Gasteiger partial charge in [0.2, 0.25) is 11.7 Å². The van der Waals surface area contributed by atoms with Crippen LogP contribution in [0.2, 0.25) is 0 Å². The molecule has 0 unspecified atom stereocenters. The molecule has 0 spiro atoms. The third kappa shape index (κ3) is 5.37. The van der Waals surface area contributed by atoms with Gasteiger partial charge in [-0.05, 0) is 31.0 Å². The first-order chi connectivity index (χ1) is 14.8. The zero-order valence-corrected chi connectivity index (χ0v) is 16.7. The molecule has 164 valence electrons. The van der Waals surface area contributed by atoms with E-state index in [9.17, 15) is 23.1 Å². The summed E-state index contributed by atoms with van der Waals surface area (Å²) in [4.78, 5) is 20.7. The van der Waals surface area contributed by atoms with E-state index in [4.69, 9.17) is 5.26 Å². The van der Waals surface area contributed by atoms with Gasteiger partial charge in [-0.15, -0.1) is 0 Å². The van der Waals surface area contributed by atoms with Crippen molar-refractivity contribution in [2.45, 2.75) is 50.4 Å². The van der Waals surface area contributed by atoms with Gasteiger partial charge >= 0.3 is 6.18 Å². The van der Waals surface area contributed by atoms with E-state index in [-0.39, 0.29) is 23.6 Å². The number of hydrogen-bond acceptors (Lipinski definition) is 6. The Kier molecular flexibility index (Phi) is 6.87. The van der Waals surface area contributed by atoms with Crippen molar-refractivity contribution < 1.29 is 23.1 Å². The van der Waals surface area contributed by atoms with Crippen molar-refractivity contribution in [1.29, 1.82) is 5.26 Å². The van der Waals surface area contributed by atoms with Crippen LogP contribution in [0, 0.1) is 11.3 Å². The topological polar surface area (TPSA) is 111 Å². The van der Waals surface area contributed by atoms with Crippen LogP contribution in [0.4, 0.5) is 18.9 Å². The fourth-order valence-electron chi connectivity index (χ4n) is 3.81. The van der Waals surface area contributed by atoms with E-state index >= 15 is 0 Å². The lowest BCUT2D eigenvalue weighted by atomic mass is 9.79. The van der Waals surface area contributed by atoms with E-state index in [1.807, 2.05) is 6.07 Å². The number of alkyl halides is 3. The SMILES string of the molecule is N#Cc1nccc(C2(NCC(=O)Nc3cc(C(F)(F)F)ccc3CO)CCCCC2)n1. The number of aromatic nitrogens is 2. The van der Waals surface area contributed by atoms with Crippen molar-refractivity contribution in [2.75, 3.05) is 11.9 Å². The Morgan fingerprint density at radius 2 is 1.97 bits per heavy atom. The Hall–Kier alpha value is -3.03. The number of halogens is 3. The van der Waals surface area contributed by atoms with Crippen molar-refractivity contribution in [3.8, 4) is 6.07 Å². The number of nitrogens with one attached hydrogen (secondary N) is 2. The lowest BCUT2D eigenvalue weighted by molar-refractivity contribution is -0.137. The van der Waals surface area contributed by atoms with Gasteiger partial charge in [-0.2, -0.15) is 18.4 Å². The second kappa shape index (κ2) is 9.41. The van der Waals surface area contributed by atoms with Crippen LogP contribution in [0.15, 0.2) is 30.5 Å². The standard InChI is InChI=1S/C21H22F3N5O2/c22-21(23,24)15-5-4-14(13-30)16(10-15)28-19(31)12-27-20(7-2-1-3-8-20)17-6-9-26-18(11-25)29-17/h4-6,9-10,27,30H,1-3,7-8,12-13H2,(H,28,31). The fraction of sp³-hybridized carbons (Fsp3) is 0.429. The molecule has 3 N–H and O–H groups in total. The number of amides is 1. The van der Waals surface area contributed by atoms with Gasteiger partial charge in [0.1, 0.15) is 6.07 Å². The van der Waals surface area contributed by atoms with Gasteiger partial charge in [0.05, 0.1) is 29.9 Å². The van der Waals surface area contributed by atoms with Crippen LogP contribution in [0.1, 0.15) is 54.7 Å². The third-order valence-electron chi connectivity index (χ3n) is 5.42. The molecular weight excluding hydrogens is 411 g/mol. The molecule has 7 nitrogen and oxygen atoms in total. The smallest absolute Gasteiger partial charge is 0.392 e.